The number of pyridine rings is 1. The normalized spacial score (nSPS) is 10.2. The second-order valence-electron chi connectivity index (χ2n) is 2.80. The molecule has 2 heterocycles. The van der Waals surface area contributed by atoms with Crippen LogP contribution in [0.3, 0.4) is 0 Å². The number of nitrogens with one attached hydrogen (secondary N) is 1. The molecule has 4 heteroatoms. The van der Waals surface area contributed by atoms with Crippen LogP contribution in [0.4, 0.5) is 0 Å². The number of aromatic amines is 1. The van der Waals surface area contributed by atoms with Gasteiger partial charge in [0.15, 0.2) is 0 Å². The summed E-state index contributed by atoms with van der Waals surface area (Å²) in [5, 5.41) is 0. The smallest absolute Gasteiger partial charge is 0.247 e. The van der Waals surface area contributed by atoms with Gasteiger partial charge in [-0.25, -0.2) is 4.98 Å². The maximum Gasteiger partial charge on any atom is 0.247 e. The largest absolute Gasteiger partial charge is 0.333 e. The zero-order valence-electron chi connectivity index (χ0n) is 6.97. The fraction of sp³-hybridized carbons (Fsp3) is 0.111. The highest BCUT2D eigenvalue weighted by molar-refractivity contribution is 5.09. The quantitative estimate of drug-likeness (QED) is 0.727. The molecular formula is C9H9N3O. The first kappa shape index (κ1) is 7.79. The Morgan fingerprint density at radius 3 is 3.00 bits per heavy atom. The third-order valence-corrected chi connectivity index (χ3v) is 1.77. The molecule has 0 spiro atoms. The van der Waals surface area contributed by atoms with Crippen molar-refractivity contribution in [3.63, 3.8) is 0 Å². The molecule has 0 bridgehead atoms. The molecule has 1 N–H and O–H groups in total. The van der Waals surface area contributed by atoms with Crippen LogP contribution >= 0.6 is 0 Å². The molecule has 0 saturated heterocycles. The molecule has 0 aliphatic heterocycles. The molecule has 66 valence electrons. The van der Waals surface area contributed by atoms with Gasteiger partial charge in [0.25, 0.3) is 0 Å². The van der Waals surface area contributed by atoms with Crippen molar-refractivity contribution in [1.29, 1.82) is 0 Å². The second kappa shape index (κ2) is 3.26. The molecule has 0 aromatic carbocycles. The van der Waals surface area contributed by atoms with Gasteiger partial charge in [0.2, 0.25) is 5.56 Å². The summed E-state index contributed by atoms with van der Waals surface area (Å²) in [5.41, 5.74) is 0.979. The van der Waals surface area contributed by atoms with Gasteiger partial charge in [-0.3, -0.25) is 4.79 Å². The van der Waals surface area contributed by atoms with Crippen molar-refractivity contribution in [1.82, 2.24) is 14.5 Å². The predicted octanol–water partition coefficient (Wildman–Crippen LogP) is 0.620. The van der Waals surface area contributed by atoms with Gasteiger partial charge in [-0.2, -0.15) is 0 Å². The van der Waals surface area contributed by atoms with Crippen LogP contribution in [-0.4, -0.2) is 14.5 Å². The van der Waals surface area contributed by atoms with Gasteiger partial charge < -0.3 is 9.55 Å². The SMILES string of the molecule is O=c1ccc(Cn2ccnc2)c[nH]1. The van der Waals surface area contributed by atoms with Gasteiger partial charge in [0.1, 0.15) is 0 Å². The van der Waals surface area contributed by atoms with Gasteiger partial charge in [0, 0.05) is 31.2 Å². The van der Waals surface area contributed by atoms with Crippen molar-refractivity contribution >= 4 is 0 Å². The number of aromatic nitrogens is 3. The molecule has 0 saturated carbocycles. The number of hydrogen-bond donors (Lipinski definition) is 1. The molecule has 0 fully saturated rings. The van der Waals surface area contributed by atoms with Crippen LogP contribution in [-0.2, 0) is 6.54 Å². The summed E-state index contributed by atoms with van der Waals surface area (Å²) in [7, 11) is 0. The lowest BCUT2D eigenvalue weighted by molar-refractivity contribution is 0.792. The lowest BCUT2D eigenvalue weighted by Crippen LogP contribution is -2.05. The van der Waals surface area contributed by atoms with Crippen LogP contribution in [0.2, 0.25) is 0 Å². The molecule has 0 atom stereocenters. The van der Waals surface area contributed by atoms with Crippen molar-refractivity contribution in [3.05, 3.63) is 53.0 Å². The van der Waals surface area contributed by atoms with E-state index in [9.17, 15) is 4.79 Å². The molecule has 0 unspecified atom stereocenters. The summed E-state index contributed by atoms with van der Waals surface area (Å²) in [4.78, 5) is 17.3. The lowest BCUT2D eigenvalue weighted by atomic mass is 10.3. The number of imidazole rings is 1. The van der Waals surface area contributed by atoms with Crippen LogP contribution < -0.4 is 5.56 Å². The van der Waals surface area contributed by atoms with Crippen molar-refractivity contribution in [3.8, 4) is 0 Å². The minimum atomic E-state index is -0.0746. The predicted molar refractivity (Wildman–Crippen MR) is 48.4 cm³/mol. The molecule has 2 aromatic heterocycles. The van der Waals surface area contributed by atoms with E-state index in [1.54, 1.807) is 24.8 Å². The van der Waals surface area contributed by atoms with E-state index in [-0.39, 0.29) is 5.56 Å². The highest BCUT2D eigenvalue weighted by Crippen LogP contribution is 1.97. The van der Waals surface area contributed by atoms with Gasteiger partial charge in [-0.1, -0.05) is 6.07 Å². The molecule has 0 amide bonds. The third kappa shape index (κ3) is 1.84. The van der Waals surface area contributed by atoms with Crippen LogP contribution in [0.5, 0.6) is 0 Å². The minimum absolute atomic E-state index is 0.0746. The highest BCUT2D eigenvalue weighted by Gasteiger charge is 1.93. The van der Waals surface area contributed by atoms with E-state index < -0.39 is 0 Å². The molecule has 2 rings (SSSR count). The molecule has 0 aliphatic carbocycles. The van der Waals surface area contributed by atoms with Crippen LogP contribution in [0.15, 0.2) is 41.8 Å². The average Bonchev–Trinajstić information content (AvgIpc) is 2.62. The maximum atomic E-state index is 10.7. The first-order valence-electron chi connectivity index (χ1n) is 3.98. The van der Waals surface area contributed by atoms with E-state index in [0.717, 1.165) is 12.1 Å². The van der Waals surface area contributed by atoms with E-state index in [1.807, 2.05) is 10.8 Å². The maximum absolute atomic E-state index is 10.7. The van der Waals surface area contributed by atoms with Crippen LogP contribution in [0.25, 0.3) is 0 Å². The number of rotatable bonds is 2. The number of nitrogens with zero attached hydrogens (tertiary/aromatic N) is 2. The fourth-order valence-corrected chi connectivity index (χ4v) is 1.13. The Morgan fingerprint density at radius 1 is 1.46 bits per heavy atom. The van der Waals surface area contributed by atoms with Gasteiger partial charge in [-0.05, 0) is 5.56 Å². The minimum Gasteiger partial charge on any atom is -0.333 e. The summed E-state index contributed by atoms with van der Waals surface area (Å²) in [6.07, 6.45) is 7.06. The first-order valence-corrected chi connectivity index (χ1v) is 3.98. The van der Waals surface area contributed by atoms with Crippen molar-refractivity contribution in [2.24, 2.45) is 0 Å². The van der Waals surface area contributed by atoms with E-state index in [1.165, 1.54) is 6.07 Å². The van der Waals surface area contributed by atoms with E-state index >= 15 is 0 Å². The Hall–Kier alpha value is -1.84. The third-order valence-electron chi connectivity index (χ3n) is 1.77. The van der Waals surface area contributed by atoms with Gasteiger partial charge >= 0.3 is 0 Å². The molecule has 13 heavy (non-hydrogen) atoms. The van der Waals surface area contributed by atoms with Gasteiger partial charge in [0.05, 0.1) is 6.33 Å². The van der Waals surface area contributed by atoms with Gasteiger partial charge in [-0.15, -0.1) is 0 Å². The second-order valence-corrected chi connectivity index (χ2v) is 2.80. The van der Waals surface area contributed by atoms with Crippen molar-refractivity contribution in [2.45, 2.75) is 6.54 Å². The van der Waals surface area contributed by atoms with E-state index in [4.69, 9.17) is 0 Å². The summed E-state index contributed by atoms with van der Waals surface area (Å²) in [5.74, 6) is 0. The monoisotopic (exact) mass is 175 g/mol. The zero-order valence-corrected chi connectivity index (χ0v) is 6.97. The van der Waals surface area contributed by atoms with Crippen LogP contribution in [0.1, 0.15) is 5.56 Å². The van der Waals surface area contributed by atoms with Crippen LogP contribution in [0, 0.1) is 0 Å². The first-order chi connectivity index (χ1) is 6.34. The van der Waals surface area contributed by atoms with Crippen molar-refractivity contribution in [2.75, 3.05) is 0 Å². The van der Waals surface area contributed by atoms with E-state index in [2.05, 4.69) is 9.97 Å². The topological polar surface area (TPSA) is 50.7 Å². The zero-order chi connectivity index (χ0) is 9.10. The highest BCUT2D eigenvalue weighted by atomic mass is 16.1. The Balaban J connectivity index is 2.19. The van der Waals surface area contributed by atoms with E-state index in [0.29, 0.717) is 0 Å². The molecule has 0 aliphatic rings. The van der Waals surface area contributed by atoms with Crippen molar-refractivity contribution < 1.29 is 0 Å². The summed E-state index contributed by atoms with van der Waals surface area (Å²) in [6.45, 7) is 0.733. The average molecular weight is 175 g/mol. The molecule has 4 nitrogen and oxygen atoms in total. The standard InChI is InChI=1S/C9H9N3O/c13-9-2-1-8(5-11-9)6-12-4-3-10-7-12/h1-5,7H,6H2,(H,11,13). The Labute approximate surface area is 74.9 Å². The molecule has 0 radical (unpaired) electrons. The molecule has 2 aromatic rings. The number of hydrogen-bond acceptors (Lipinski definition) is 2. The molecular weight excluding hydrogens is 166 g/mol. The number of H-pyrrole nitrogens is 1. The lowest BCUT2D eigenvalue weighted by Gasteiger charge is -2.00. The Morgan fingerprint density at radius 2 is 2.38 bits per heavy atom. The fourth-order valence-electron chi connectivity index (χ4n) is 1.13. The summed E-state index contributed by atoms with van der Waals surface area (Å²) < 4.78 is 1.94. The summed E-state index contributed by atoms with van der Waals surface area (Å²) in [6, 6.07) is 3.32. The Kier molecular flexibility index (Phi) is 1.96. The Bertz CT molecular complexity index is 410. The summed E-state index contributed by atoms with van der Waals surface area (Å²) >= 11 is 0.